The Labute approximate surface area is 465 Å². The molecule has 434 valence electrons. The first-order valence-corrected chi connectivity index (χ1v) is 30.6. The van der Waals surface area contributed by atoms with Gasteiger partial charge < -0.3 is 34.5 Å². The Morgan fingerprint density at radius 2 is 0.696 bits per heavy atom. The number of carboxylic acids is 1. The largest absolute Gasteiger partial charge is 0.503 e. The maximum Gasteiger partial charge on any atom is 0.352 e. The van der Waals surface area contributed by atoms with Crippen LogP contribution in [-0.2, 0) is 69.9 Å². The molecule has 4 N–H and O–H groups in total. The molecule has 0 fully saturated rings. The molecule has 3 heterocycles. The third kappa shape index (κ3) is 20.1. The van der Waals surface area contributed by atoms with Gasteiger partial charge in [-0.1, -0.05) is 110 Å². The Morgan fingerprint density at radius 3 is 0.987 bits per heavy atom. The van der Waals surface area contributed by atoms with Gasteiger partial charge >= 0.3 is 5.97 Å². The molecule has 0 spiro atoms. The Bertz CT molecular complexity index is 3310. The zero-order valence-electron chi connectivity index (χ0n) is 48.0. The number of aryl methyl sites for hydroxylation is 3. The maximum absolute atomic E-state index is 12.4. The molecule has 3 aromatic heterocycles. The van der Waals surface area contributed by atoms with E-state index in [4.69, 9.17) is 0 Å². The van der Waals surface area contributed by atoms with E-state index in [-0.39, 0.29) is 85.2 Å². The van der Waals surface area contributed by atoms with Crippen LogP contribution in [0.3, 0.4) is 0 Å². The van der Waals surface area contributed by atoms with Crippen molar-refractivity contribution in [1.82, 2.24) is 24.3 Å². The van der Waals surface area contributed by atoms with Gasteiger partial charge in [0.25, 0.3) is 11.8 Å². The van der Waals surface area contributed by atoms with Crippen LogP contribution in [-0.4, -0.2) is 98.3 Å². The average Bonchev–Trinajstić information content (AvgIpc) is 3.46. The zero-order chi connectivity index (χ0) is 61.0. The summed E-state index contributed by atoms with van der Waals surface area (Å²) in [7, 11) is -2.94. The normalized spacial score (nSPS) is 10.5. The van der Waals surface area contributed by atoms with E-state index in [1.807, 2.05) is 55.4 Å². The van der Waals surface area contributed by atoms with Crippen molar-refractivity contribution in [3.05, 3.63) is 185 Å². The van der Waals surface area contributed by atoms with E-state index in [1.54, 1.807) is 85.3 Å². The summed E-state index contributed by atoms with van der Waals surface area (Å²) in [4.78, 5) is 71.6. The number of amides is 2. The van der Waals surface area contributed by atoms with Crippen LogP contribution >= 0.6 is 0 Å². The fraction of sp³-hybridized carbons (Fsp3) is 0.368. The fourth-order valence-electron chi connectivity index (χ4n) is 7.27. The lowest BCUT2D eigenvalue weighted by Gasteiger charge is -2.15. The lowest BCUT2D eigenvalue weighted by Crippen LogP contribution is -2.29. The molecule has 0 aliphatic heterocycles. The molecule has 0 aliphatic carbocycles. The highest BCUT2D eigenvalue weighted by molar-refractivity contribution is 7.92. The van der Waals surface area contributed by atoms with E-state index < -0.39 is 58.0 Å². The number of aromatic hydroxyl groups is 1. The highest BCUT2D eigenvalue weighted by Gasteiger charge is 2.23. The third-order valence-electron chi connectivity index (χ3n) is 11.4. The summed E-state index contributed by atoms with van der Waals surface area (Å²) in [5.74, 6) is -3.43. The van der Waals surface area contributed by atoms with Crippen LogP contribution in [0.25, 0.3) is 0 Å². The number of pyridine rings is 3. The number of rotatable bonds is 15. The Hall–Kier alpha value is -7.43. The van der Waals surface area contributed by atoms with E-state index in [0.29, 0.717) is 22.6 Å². The van der Waals surface area contributed by atoms with Crippen LogP contribution in [0.15, 0.2) is 138 Å². The first-order valence-electron chi connectivity index (χ1n) is 25.6. The molecule has 0 saturated heterocycles. The minimum atomic E-state index is -3.52. The quantitative estimate of drug-likeness (QED) is 0.0802. The van der Waals surface area contributed by atoms with E-state index in [0.717, 1.165) is 6.07 Å². The molecule has 0 saturated carbocycles. The lowest BCUT2D eigenvalue weighted by atomic mass is 10.1. The molecule has 3 aromatic carbocycles. The van der Waals surface area contributed by atoms with Crippen molar-refractivity contribution in [2.45, 2.75) is 103 Å². The number of nitrogens with one attached hydrogen (secondary N) is 2. The molecule has 22 heteroatoms. The second kappa shape index (κ2) is 34.5. The summed E-state index contributed by atoms with van der Waals surface area (Å²) in [6, 6.07) is 28.0. The lowest BCUT2D eigenvalue weighted by molar-refractivity contribution is 0.0683. The van der Waals surface area contributed by atoms with Crippen LogP contribution in [0.1, 0.15) is 115 Å². The van der Waals surface area contributed by atoms with Gasteiger partial charge in [-0.2, -0.15) is 0 Å². The van der Waals surface area contributed by atoms with Crippen LogP contribution in [0, 0.1) is 13.8 Å². The number of carboxylic acid groups (broad SMARTS) is 1. The molecule has 0 radical (unpaired) electrons. The number of benzene rings is 3. The van der Waals surface area contributed by atoms with Crippen LogP contribution in [0.4, 0.5) is 0 Å². The van der Waals surface area contributed by atoms with Crippen molar-refractivity contribution in [1.29, 1.82) is 0 Å². The van der Waals surface area contributed by atoms with E-state index >= 15 is 0 Å². The molecule has 6 rings (SSSR count). The molecule has 6 aromatic rings. The monoisotopic (exact) mass is 1150 g/mol. The van der Waals surface area contributed by atoms with Crippen LogP contribution in [0.2, 0.25) is 0 Å². The maximum atomic E-state index is 12.4. The van der Waals surface area contributed by atoms with Crippen LogP contribution in [0.5, 0.6) is 5.75 Å². The number of carbonyl (C=O) groups excluding carboxylic acids is 2. The Morgan fingerprint density at radius 1 is 0.443 bits per heavy atom. The SMILES string of the molecule is CC.CC.CC.CC.CNC(=O)c1c(C)c(=O)cc(CCS(=O)(=O)c2ccccc2)n1C.CNC(=O)c1c(O)c(=O)cc(CCS(=O)(=O)c2ccccc2)n1C.Cc1c(C(=O)O)n(C)c(CCS(=O)(=O)c2ccccc2)cc1=O. The van der Waals surface area contributed by atoms with Gasteiger partial charge in [0.05, 0.1) is 31.9 Å². The topological polar surface area (TPSA) is 284 Å². The summed E-state index contributed by atoms with van der Waals surface area (Å²) in [6.07, 6.45) is 0.240. The fourth-order valence-corrected chi connectivity index (χ4v) is 11.1. The van der Waals surface area contributed by atoms with Gasteiger partial charge in [0.1, 0.15) is 11.4 Å². The molecule has 0 unspecified atom stereocenters. The molecule has 0 aliphatic rings. The first-order chi connectivity index (χ1) is 37.3. The van der Waals surface area contributed by atoms with Crippen molar-refractivity contribution < 1.29 is 49.9 Å². The second-order valence-corrected chi connectivity index (χ2v) is 22.3. The molecule has 0 atom stereocenters. The number of sulfone groups is 3. The van der Waals surface area contributed by atoms with E-state index in [2.05, 4.69) is 10.6 Å². The molecule has 79 heavy (non-hydrogen) atoms. The van der Waals surface area contributed by atoms with Crippen molar-refractivity contribution >= 4 is 47.3 Å². The van der Waals surface area contributed by atoms with Crippen LogP contribution < -0.4 is 26.9 Å². The number of hydrogen-bond donors (Lipinski definition) is 4. The number of carbonyl (C=O) groups is 3. The Balaban J connectivity index is 0.00000108. The summed E-state index contributed by atoms with van der Waals surface area (Å²) in [6.45, 7) is 19.0. The molecular formula is C57H79N5O14S3. The molecular weight excluding hydrogens is 1070 g/mol. The van der Waals surface area contributed by atoms with Crippen molar-refractivity contribution in [2.24, 2.45) is 21.1 Å². The molecule has 2 amide bonds. The van der Waals surface area contributed by atoms with Gasteiger partial charge in [-0.3, -0.25) is 24.0 Å². The smallest absolute Gasteiger partial charge is 0.352 e. The number of nitrogens with zero attached hydrogens (tertiary/aromatic N) is 3. The first kappa shape index (κ1) is 71.6. The summed E-state index contributed by atoms with van der Waals surface area (Å²) in [5.41, 5.74) is 0.211. The van der Waals surface area contributed by atoms with Gasteiger partial charge in [0, 0.05) is 101 Å². The predicted molar refractivity (Wildman–Crippen MR) is 312 cm³/mol. The van der Waals surface area contributed by atoms with Crippen molar-refractivity contribution in [3.8, 4) is 5.75 Å². The molecule has 0 bridgehead atoms. The number of aromatic carboxylic acids is 1. The minimum absolute atomic E-state index is 0.0350. The average molecular weight is 1150 g/mol. The molecule has 19 nitrogen and oxygen atoms in total. The minimum Gasteiger partial charge on any atom is -0.503 e. The summed E-state index contributed by atoms with van der Waals surface area (Å²) < 4.78 is 78.2. The number of hydrogen-bond acceptors (Lipinski definition) is 13. The highest BCUT2D eigenvalue weighted by Crippen LogP contribution is 2.18. The zero-order valence-corrected chi connectivity index (χ0v) is 50.4. The van der Waals surface area contributed by atoms with Gasteiger partial charge in [0.15, 0.2) is 51.8 Å². The van der Waals surface area contributed by atoms with E-state index in [1.165, 1.54) is 80.6 Å². The van der Waals surface area contributed by atoms with E-state index in [9.17, 15) is 64.2 Å². The van der Waals surface area contributed by atoms with Crippen molar-refractivity contribution in [3.63, 3.8) is 0 Å². The van der Waals surface area contributed by atoms with Gasteiger partial charge in [-0.25, -0.2) is 30.0 Å². The summed E-state index contributed by atoms with van der Waals surface area (Å²) >= 11 is 0. The third-order valence-corrected chi connectivity index (χ3v) is 16.6. The van der Waals surface area contributed by atoms with Crippen molar-refractivity contribution in [2.75, 3.05) is 31.4 Å². The second-order valence-electron chi connectivity index (χ2n) is 15.9. The standard InChI is InChI=1S/C17H20N2O4S.C16H18N2O5S.C16H17NO5S.4C2H6/c1-12-15(20)11-13(19(3)16(12)17(21)18-2)9-10-24(22,23)14-7-5-4-6-8-14;1-17-16(21)14-15(20)13(19)10-11(18(14)2)8-9-24(22,23)12-6-4-3-5-7-12;1-11-14(18)10-12(17(2)15(11)16(19)20)8-9-23(21,22)13-6-4-3-5-7-13;4*1-2/h4-8,11H,9-10H2,1-3H3,(H,18,21);3-7,10,20H,8-9H2,1-2H3,(H,17,21);3-7,10H,8-9H2,1-2H3,(H,19,20);4*1-2H3. The number of aromatic nitrogens is 3. The summed E-state index contributed by atoms with van der Waals surface area (Å²) in [5, 5.41) is 23.9. The predicted octanol–water partition coefficient (Wildman–Crippen LogP) is 7.05. The highest BCUT2D eigenvalue weighted by atomic mass is 32.2. The Kier molecular flexibility index (Phi) is 31.2. The van der Waals surface area contributed by atoms with Gasteiger partial charge in [-0.15, -0.1) is 0 Å². The van der Waals surface area contributed by atoms with Gasteiger partial charge in [-0.05, 0) is 50.2 Å². The van der Waals surface area contributed by atoms with Gasteiger partial charge in [0.2, 0.25) is 5.43 Å².